The number of allylic oxidation sites excluding steroid dienone is 1. The number of aryl methyl sites for hydroxylation is 1. The number of aromatic nitrogens is 1. The van der Waals surface area contributed by atoms with Crippen LogP contribution in [-0.4, -0.2) is 17.9 Å². The number of nitrogens with one attached hydrogen (secondary N) is 1. The second-order valence-electron chi connectivity index (χ2n) is 2.02. The van der Waals surface area contributed by atoms with Crippen molar-refractivity contribution in [1.82, 2.24) is 4.98 Å². The normalized spacial score (nSPS) is 8.36. The summed E-state index contributed by atoms with van der Waals surface area (Å²) in [7, 11) is 2.42. The summed E-state index contributed by atoms with van der Waals surface area (Å²) in [6.07, 6.45) is 5.18. The average Bonchev–Trinajstić information content (AvgIpc) is 2.67. The Kier molecular flexibility index (Phi) is 13.5. The number of nitrogens with zero attached hydrogens (tertiary/aromatic N) is 1. The topological polar surface area (TPSA) is 28.1 Å². The van der Waals surface area contributed by atoms with Crippen molar-refractivity contribution in [2.75, 3.05) is 6.66 Å². The Labute approximate surface area is 89.7 Å². The van der Waals surface area contributed by atoms with Crippen LogP contribution in [0.25, 0.3) is 0 Å². The molecule has 1 unspecified atom stereocenters. The standard InChI is InChI=1S/C8H10N2.C2H6.CH5P/c1-3-5-9-8-7(2)4-6-10-8;2*1-2/h3-6,10H,1H2,2H3;1-2H3;2H2,1H3/b9-5-;;. The summed E-state index contributed by atoms with van der Waals surface area (Å²) in [5, 5.41) is 0. The van der Waals surface area contributed by atoms with Gasteiger partial charge >= 0.3 is 0 Å². The summed E-state index contributed by atoms with van der Waals surface area (Å²) in [6, 6.07) is 1.98. The zero-order valence-electron chi connectivity index (χ0n) is 9.54. The zero-order valence-corrected chi connectivity index (χ0v) is 10.7. The quantitative estimate of drug-likeness (QED) is 0.571. The van der Waals surface area contributed by atoms with Crippen molar-refractivity contribution in [2.45, 2.75) is 20.8 Å². The zero-order chi connectivity index (χ0) is 11.4. The van der Waals surface area contributed by atoms with Gasteiger partial charge in [-0.2, -0.15) is 0 Å². The minimum Gasteiger partial charge on any atom is -0.346 e. The third-order valence-corrected chi connectivity index (χ3v) is 1.24. The van der Waals surface area contributed by atoms with Gasteiger partial charge < -0.3 is 4.98 Å². The first-order valence-corrected chi connectivity index (χ1v) is 5.87. The largest absolute Gasteiger partial charge is 0.346 e. The van der Waals surface area contributed by atoms with E-state index in [1.807, 2.05) is 39.7 Å². The highest BCUT2D eigenvalue weighted by molar-refractivity contribution is 7.15. The average molecular weight is 212 g/mol. The van der Waals surface area contributed by atoms with E-state index in [2.05, 4.69) is 25.8 Å². The van der Waals surface area contributed by atoms with Crippen LogP contribution in [0.15, 0.2) is 29.9 Å². The van der Waals surface area contributed by atoms with Gasteiger partial charge in [-0.25, -0.2) is 4.99 Å². The van der Waals surface area contributed by atoms with Crippen LogP contribution in [0.1, 0.15) is 19.4 Å². The van der Waals surface area contributed by atoms with Crippen LogP contribution >= 0.6 is 9.24 Å². The molecule has 1 N–H and O–H groups in total. The van der Waals surface area contributed by atoms with Crippen LogP contribution in [0.3, 0.4) is 0 Å². The maximum absolute atomic E-state index is 4.09. The Morgan fingerprint density at radius 2 is 2.00 bits per heavy atom. The van der Waals surface area contributed by atoms with Crippen LogP contribution in [0.4, 0.5) is 5.82 Å². The second-order valence-corrected chi connectivity index (χ2v) is 2.02. The summed E-state index contributed by atoms with van der Waals surface area (Å²) in [5.74, 6) is 0.903. The van der Waals surface area contributed by atoms with Crippen LogP contribution < -0.4 is 0 Å². The van der Waals surface area contributed by atoms with E-state index >= 15 is 0 Å². The lowest BCUT2D eigenvalue weighted by atomic mass is 10.4. The maximum Gasteiger partial charge on any atom is 0.132 e. The molecule has 2 nitrogen and oxygen atoms in total. The molecule has 0 saturated carbocycles. The number of rotatable bonds is 2. The molecule has 1 heterocycles. The molecule has 0 aliphatic heterocycles. The van der Waals surface area contributed by atoms with E-state index in [9.17, 15) is 0 Å². The first-order valence-electron chi connectivity index (χ1n) is 4.71. The molecule has 3 heteroatoms. The SMILES string of the molecule is C=C/C=N\c1[nH]ccc1C.CC.CP. The van der Waals surface area contributed by atoms with Gasteiger partial charge in [-0.1, -0.05) is 33.2 Å². The van der Waals surface area contributed by atoms with E-state index in [0.29, 0.717) is 0 Å². The monoisotopic (exact) mass is 212 g/mol. The van der Waals surface area contributed by atoms with Crippen molar-refractivity contribution < 1.29 is 0 Å². The highest BCUT2D eigenvalue weighted by atomic mass is 31.0. The van der Waals surface area contributed by atoms with Gasteiger partial charge in [0.15, 0.2) is 0 Å². The van der Waals surface area contributed by atoms with Crippen LogP contribution in [0, 0.1) is 6.92 Å². The molecule has 14 heavy (non-hydrogen) atoms. The first kappa shape index (κ1) is 15.6. The van der Waals surface area contributed by atoms with E-state index in [1.54, 1.807) is 12.3 Å². The van der Waals surface area contributed by atoms with E-state index in [1.165, 1.54) is 0 Å². The minimum atomic E-state index is 0.903. The predicted molar refractivity (Wildman–Crippen MR) is 70.9 cm³/mol. The van der Waals surface area contributed by atoms with Gasteiger partial charge in [-0.05, 0) is 18.6 Å². The number of aliphatic imine (C=N–C) groups is 1. The highest BCUT2D eigenvalue weighted by Gasteiger charge is 1.91. The van der Waals surface area contributed by atoms with E-state index in [0.717, 1.165) is 11.4 Å². The van der Waals surface area contributed by atoms with Crippen molar-refractivity contribution in [1.29, 1.82) is 0 Å². The minimum absolute atomic E-state index is 0.903. The van der Waals surface area contributed by atoms with Crippen molar-refractivity contribution in [3.63, 3.8) is 0 Å². The molecule has 0 aromatic carbocycles. The molecular weight excluding hydrogens is 191 g/mol. The lowest BCUT2D eigenvalue weighted by Crippen LogP contribution is -1.67. The number of hydrogen-bond acceptors (Lipinski definition) is 1. The molecule has 1 aromatic heterocycles. The lowest BCUT2D eigenvalue weighted by Gasteiger charge is -1.86. The van der Waals surface area contributed by atoms with Gasteiger partial charge in [-0.15, -0.1) is 9.24 Å². The Bertz CT molecular complexity index is 252. The molecule has 0 bridgehead atoms. The molecule has 0 radical (unpaired) electrons. The molecule has 0 aliphatic carbocycles. The van der Waals surface area contributed by atoms with Gasteiger partial charge in [0.05, 0.1) is 0 Å². The van der Waals surface area contributed by atoms with Gasteiger partial charge in [0.1, 0.15) is 5.82 Å². The summed E-state index contributed by atoms with van der Waals surface area (Å²) >= 11 is 0. The van der Waals surface area contributed by atoms with Gasteiger partial charge in [0.2, 0.25) is 0 Å². The molecule has 0 aliphatic rings. The molecule has 1 rings (SSSR count). The molecule has 0 spiro atoms. The van der Waals surface area contributed by atoms with Crippen molar-refractivity contribution in [2.24, 2.45) is 4.99 Å². The Balaban J connectivity index is 0. The lowest BCUT2D eigenvalue weighted by molar-refractivity contribution is 1.32. The Morgan fingerprint density at radius 1 is 1.43 bits per heavy atom. The van der Waals surface area contributed by atoms with Crippen molar-refractivity contribution >= 4 is 21.3 Å². The van der Waals surface area contributed by atoms with E-state index < -0.39 is 0 Å². The first-order chi connectivity index (χ1) is 6.84. The van der Waals surface area contributed by atoms with Crippen LogP contribution in [0.2, 0.25) is 0 Å². The summed E-state index contributed by atoms with van der Waals surface area (Å²) in [6.45, 7) is 11.4. The van der Waals surface area contributed by atoms with Gasteiger partial charge in [0, 0.05) is 12.4 Å². The molecule has 0 fully saturated rings. The Hall–Kier alpha value is -0.880. The second kappa shape index (κ2) is 12.1. The van der Waals surface area contributed by atoms with Crippen molar-refractivity contribution in [3.8, 4) is 0 Å². The molecule has 1 aromatic rings. The fourth-order valence-corrected chi connectivity index (χ4v) is 0.705. The smallest absolute Gasteiger partial charge is 0.132 e. The highest BCUT2D eigenvalue weighted by Crippen LogP contribution is 2.13. The van der Waals surface area contributed by atoms with Crippen molar-refractivity contribution in [3.05, 3.63) is 30.5 Å². The summed E-state index contributed by atoms with van der Waals surface area (Å²) in [5.41, 5.74) is 1.15. The molecular formula is C11H21N2P. The summed E-state index contributed by atoms with van der Waals surface area (Å²) in [4.78, 5) is 7.08. The van der Waals surface area contributed by atoms with Gasteiger partial charge in [0.25, 0.3) is 0 Å². The van der Waals surface area contributed by atoms with Crippen LogP contribution in [0.5, 0.6) is 0 Å². The van der Waals surface area contributed by atoms with E-state index in [4.69, 9.17) is 0 Å². The van der Waals surface area contributed by atoms with Gasteiger partial charge in [-0.3, -0.25) is 0 Å². The third-order valence-electron chi connectivity index (χ3n) is 1.24. The number of H-pyrrole nitrogens is 1. The van der Waals surface area contributed by atoms with Crippen LogP contribution in [-0.2, 0) is 0 Å². The molecule has 0 amide bonds. The Morgan fingerprint density at radius 3 is 2.36 bits per heavy atom. The molecule has 80 valence electrons. The predicted octanol–water partition coefficient (Wildman–Crippen LogP) is 3.73. The summed E-state index contributed by atoms with van der Waals surface area (Å²) < 4.78 is 0. The molecule has 0 saturated heterocycles. The fraction of sp³-hybridized carbons (Fsp3) is 0.364. The molecule has 1 atom stereocenters. The fourth-order valence-electron chi connectivity index (χ4n) is 0.705. The third kappa shape index (κ3) is 6.62. The maximum atomic E-state index is 4.09. The number of hydrogen-bond donors (Lipinski definition) is 1. The van der Waals surface area contributed by atoms with E-state index in [-0.39, 0.29) is 0 Å². The number of aromatic amines is 1.